The van der Waals surface area contributed by atoms with Crippen LogP contribution in [0, 0.1) is 0 Å². The molecule has 1 aromatic carbocycles. The van der Waals surface area contributed by atoms with Crippen LogP contribution in [0.25, 0.3) is 22.0 Å². The number of anilines is 1. The molecule has 1 fully saturated rings. The fraction of sp³-hybridized carbons (Fsp3) is 0.250. The van der Waals surface area contributed by atoms with Crippen LogP contribution in [0.15, 0.2) is 55.0 Å². The summed E-state index contributed by atoms with van der Waals surface area (Å²) in [5, 5.41) is 8.21. The van der Waals surface area contributed by atoms with Crippen molar-refractivity contribution in [1.29, 1.82) is 0 Å². The predicted octanol–water partition coefficient (Wildman–Crippen LogP) is 2.20. The van der Waals surface area contributed by atoms with E-state index in [1.807, 2.05) is 55.2 Å². The van der Waals surface area contributed by atoms with E-state index in [-0.39, 0.29) is 23.7 Å². The van der Waals surface area contributed by atoms with Crippen LogP contribution in [0.2, 0.25) is 0 Å². The van der Waals surface area contributed by atoms with Crippen molar-refractivity contribution in [3.05, 3.63) is 66.2 Å². The number of aromatic nitrogens is 4. The Hall–Kier alpha value is -4.14. The van der Waals surface area contributed by atoms with Crippen LogP contribution < -0.4 is 11.1 Å². The molecular formula is C24H25N7O2. The van der Waals surface area contributed by atoms with Crippen LogP contribution in [-0.4, -0.2) is 55.2 Å². The number of para-hydroxylation sites is 1. The van der Waals surface area contributed by atoms with Gasteiger partial charge in [0, 0.05) is 67.7 Å². The number of nitrogens with one attached hydrogen (secondary N) is 1. The SMILES string of the molecule is Cn1cc(-c2cnc(N)c(C(=O)N[C@@H]3CCN(C(=O)c4cc5ccccc5n4C)C3)c2)cn1. The Balaban J connectivity index is 1.29. The first-order valence-electron chi connectivity index (χ1n) is 10.8. The molecule has 1 atom stereocenters. The highest BCUT2D eigenvalue weighted by molar-refractivity contribution is 6.00. The second kappa shape index (κ2) is 8.09. The third-order valence-corrected chi connectivity index (χ3v) is 6.18. The number of likely N-dealkylation sites (tertiary alicyclic amines) is 1. The van der Waals surface area contributed by atoms with Gasteiger partial charge in [-0.05, 0) is 24.6 Å². The molecule has 4 aromatic rings. The van der Waals surface area contributed by atoms with Crippen LogP contribution in [-0.2, 0) is 14.1 Å². The predicted molar refractivity (Wildman–Crippen MR) is 126 cm³/mol. The lowest BCUT2D eigenvalue weighted by Gasteiger charge is -2.18. The molecule has 0 radical (unpaired) electrons. The van der Waals surface area contributed by atoms with Gasteiger partial charge in [-0.3, -0.25) is 14.3 Å². The molecule has 0 spiro atoms. The molecule has 0 saturated carbocycles. The number of amides is 2. The highest BCUT2D eigenvalue weighted by Gasteiger charge is 2.30. The molecule has 2 amide bonds. The first kappa shape index (κ1) is 20.7. The van der Waals surface area contributed by atoms with Crippen molar-refractivity contribution in [2.45, 2.75) is 12.5 Å². The Bertz CT molecular complexity index is 1370. The van der Waals surface area contributed by atoms with E-state index in [2.05, 4.69) is 15.4 Å². The average molecular weight is 444 g/mol. The fourth-order valence-electron chi connectivity index (χ4n) is 4.37. The van der Waals surface area contributed by atoms with Crippen LogP contribution in [0.1, 0.15) is 27.3 Å². The van der Waals surface area contributed by atoms with Crippen molar-refractivity contribution in [2.75, 3.05) is 18.8 Å². The number of pyridine rings is 1. The van der Waals surface area contributed by atoms with Crippen molar-refractivity contribution in [1.82, 2.24) is 29.5 Å². The van der Waals surface area contributed by atoms with Gasteiger partial charge in [0.05, 0.1) is 11.8 Å². The number of carbonyl (C=O) groups excluding carboxylic acids is 2. The third-order valence-electron chi connectivity index (χ3n) is 6.18. The Morgan fingerprint density at radius 3 is 2.70 bits per heavy atom. The van der Waals surface area contributed by atoms with E-state index in [4.69, 9.17) is 5.73 Å². The standard InChI is InChI=1S/C24H25N7O2/c1-29-13-17(12-27-29)16-9-19(22(25)26-11-16)23(32)28-18-7-8-31(14-18)24(33)21-10-15-5-3-4-6-20(15)30(21)2/h3-6,9-13,18H,7-8,14H2,1-2H3,(H2,25,26)(H,28,32)/t18-/m1/s1. The summed E-state index contributed by atoms with van der Waals surface area (Å²) in [7, 11) is 3.73. The topological polar surface area (TPSA) is 111 Å². The highest BCUT2D eigenvalue weighted by Crippen LogP contribution is 2.23. The summed E-state index contributed by atoms with van der Waals surface area (Å²) in [4.78, 5) is 32.1. The van der Waals surface area contributed by atoms with Gasteiger partial charge in [0.15, 0.2) is 0 Å². The normalized spacial score (nSPS) is 15.8. The number of fused-ring (bicyclic) bond motifs is 1. The van der Waals surface area contributed by atoms with E-state index in [1.165, 1.54) is 0 Å². The molecule has 0 bridgehead atoms. The van der Waals surface area contributed by atoms with Gasteiger partial charge in [0.1, 0.15) is 11.5 Å². The Kier molecular flexibility index (Phi) is 5.08. The minimum Gasteiger partial charge on any atom is -0.383 e. The second-order valence-electron chi connectivity index (χ2n) is 8.42. The number of hydrogen-bond acceptors (Lipinski definition) is 5. The van der Waals surface area contributed by atoms with E-state index in [0.29, 0.717) is 30.8 Å². The number of nitrogen functional groups attached to an aromatic ring is 1. The van der Waals surface area contributed by atoms with E-state index in [0.717, 1.165) is 22.0 Å². The van der Waals surface area contributed by atoms with Crippen LogP contribution in [0.4, 0.5) is 5.82 Å². The number of nitrogens with zero attached hydrogens (tertiary/aromatic N) is 5. The molecule has 5 rings (SSSR count). The number of hydrogen-bond donors (Lipinski definition) is 2. The van der Waals surface area contributed by atoms with E-state index >= 15 is 0 Å². The van der Waals surface area contributed by atoms with Gasteiger partial charge in [0.25, 0.3) is 11.8 Å². The summed E-state index contributed by atoms with van der Waals surface area (Å²) in [5.41, 5.74) is 9.58. The Labute approximate surface area is 190 Å². The van der Waals surface area contributed by atoms with Crippen molar-refractivity contribution >= 4 is 28.5 Å². The molecule has 3 aromatic heterocycles. The summed E-state index contributed by atoms with van der Waals surface area (Å²) in [5.74, 6) is -0.165. The number of aryl methyl sites for hydroxylation is 2. The minimum absolute atomic E-state index is 0.0368. The Morgan fingerprint density at radius 2 is 1.94 bits per heavy atom. The van der Waals surface area contributed by atoms with Crippen LogP contribution in [0.5, 0.6) is 0 Å². The second-order valence-corrected chi connectivity index (χ2v) is 8.42. The van der Waals surface area contributed by atoms with E-state index in [9.17, 15) is 9.59 Å². The van der Waals surface area contributed by atoms with Gasteiger partial charge >= 0.3 is 0 Å². The molecule has 1 saturated heterocycles. The Morgan fingerprint density at radius 1 is 1.12 bits per heavy atom. The van der Waals surface area contributed by atoms with Crippen molar-refractivity contribution in [3.63, 3.8) is 0 Å². The molecule has 3 N–H and O–H groups in total. The monoisotopic (exact) mass is 443 g/mol. The van der Waals surface area contributed by atoms with Crippen molar-refractivity contribution in [2.24, 2.45) is 14.1 Å². The lowest BCUT2D eigenvalue weighted by atomic mass is 10.1. The zero-order valence-corrected chi connectivity index (χ0v) is 18.5. The zero-order chi connectivity index (χ0) is 23.1. The lowest BCUT2D eigenvalue weighted by Crippen LogP contribution is -2.39. The first-order valence-corrected chi connectivity index (χ1v) is 10.8. The molecular weight excluding hydrogens is 418 g/mol. The molecule has 9 heteroatoms. The quantitative estimate of drug-likeness (QED) is 0.502. The zero-order valence-electron chi connectivity index (χ0n) is 18.5. The molecule has 4 heterocycles. The van der Waals surface area contributed by atoms with Gasteiger partial charge in [-0.1, -0.05) is 18.2 Å². The van der Waals surface area contributed by atoms with Crippen molar-refractivity contribution < 1.29 is 9.59 Å². The summed E-state index contributed by atoms with van der Waals surface area (Å²) in [6.07, 6.45) is 5.87. The van der Waals surface area contributed by atoms with Crippen LogP contribution >= 0.6 is 0 Å². The first-order chi connectivity index (χ1) is 15.9. The minimum atomic E-state index is -0.297. The lowest BCUT2D eigenvalue weighted by molar-refractivity contribution is 0.0774. The van der Waals surface area contributed by atoms with Gasteiger partial charge in [-0.15, -0.1) is 0 Å². The molecule has 0 unspecified atom stereocenters. The summed E-state index contributed by atoms with van der Waals surface area (Å²) in [6, 6.07) is 11.4. The summed E-state index contributed by atoms with van der Waals surface area (Å²) in [6.45, 7) is 1.02. The smallest absolute Gasteiger partial charge is 0.270 e. The number of benzene rings is 1. The molecule has 168 valence electrons. The van der Waals surface area contributed by atoms with E-state index in [1.54, 1.807) is 28.0 Å². The van der Waals surface area contributed by atoms with Gasteiger partial charge in [-0.2, -0.15) is 5.10 Å². The summed E-state index contributed by atoms with van der Waals surface area (Å²) < 4.78 is 3.60. The largest absolute Gasteiger partial charge is 0.383 e. The molecule has 0 aliphatic carbocycles. The van der Waals surface area contributed by atoms with E-state index < -0.39 is 0 Å². The van der Waals surface area contributed by atoms with Gasteiger partial charge in [-0.25, -0.2) is 4.98 Å². The fourth-order valence-corrected chi connectivity index (χ4v) is 4.37. The maximum atomic E-state index is 13.2. The van der Waals surface area contributed by atoms with Crippen LogP contribution in [0.3, 0.4) is 0 Å². The number of nitrogens with two attached hydrogens (primary N) is 1. The molecule has 1 aliphatic rings. The van der Waals surface area contributed by atoms with Gasteiger partial charge in [0.2, 0.25) is 0 Å². The third kappa shape index (κ3) is 3.82. The number of carbonyl (C=O) groups is 2. The molecule has 9 nitrogen and oxygen atoms in total. The molecule has 33 heavy (non-hydrogen) atoms. The summed E-state index contributed by atoms with van der Waals surface area (Å²) >= 11 is 0. The average Bonchev–Trinajstić information content (AvgIpc) is 3.53. The molecule has 1 aliphatic heterocycles. The highest BCUT2D eigenvalue weighted by atomic mass is 16.2. The number of rotatable bonds is 4. The maximum Gasteiger partial charge on any atom is 0.270 e. The van der Waals surface area contributed by atoms with Gasteiger partial charge < -0.3 is 20.5 Å². The maximum absolute atomic E-state index is 13.2. The van der Waals surface area contributed by atoms with Crippen molar-refractivity contribution in [3.8, 4) is 11.1 Å².